The summed E-state index contributed by atoms with van der Waals surface area (Å²) in [5.41, 5.74) is -0.603. The summed E-state index contributed by atoms with van der Waals surface area (Å²) in [4.78, 5) is 15.9. The molecule has 0 bridgehead atoms. The van der Waals surface area contributed by atoms with Crippen molar-refractivity contribution in [1.29, 1.82) is 0 Å². The first-order valence-electron chi connectivity index (χ1n) is 7.14. The van der Waals surface area contributed by atoms with E-state index in [0.29, 0.717) is 19.0 Å². The van der Waals surface area contributed by atoms with E-state index in [9.17, 15) is 4.79 Å². The van der Waals surface area contributed by atoms with Crippen molar-refractivity contribution in [3.63, 3.8) is 0 Å². The highest BCUT2D eigenvalue weighted by Gasteiger charge is 2.30. The van der Waals surface area contributed by atoms with Crippen LogP contribution in [-0.4, -0.2) is 51.3 Å². The predicted molar refractivity (Wildman–Crippen MR) is 96.2 cm³/mol. The van der Waals surface area contributed by atoms with Crippen LogP contribution in [0.15, 0.2) is 4.99 Å². The molecule has 3 N–H and O–H groups in total. The van der Waals surface area contributed by atoms with E-state index < -0.39 is 5.41 Å². The van der Waals surface area contributed by atoms with Crippen molar-refractivity contribution in [1.82, 2.24) is 16.0 Å². The molecule has 1 saturated heterocycles. The molecule has 6 nitrogen and oxygen atoms in total. The lowest BCUT2D eigenvalue weighted by Gasteiger charge is -2.27. The fraction of sp³-hybridized carbons (Fsp3) is 0.857. The predicted octanol–water partition coefficient (Wildman–Crippen LogP) is 1.11. The second-order valence-electron chi connectivity index (χ2n) is 6.14. The molecular weight excluding hydrogens is 383 g/mol. The van der Waals surface area contributed by atoms with Gasteiger partial charge in [0.2, 0.25) is 5.91 Å². The molecule has 0 aromatic carbocycles. The van der Waals surface area contributed by atoms with Crippen molar-refractivity contribution in [2.24, 2.45) is 10.4 Å². The van der Waals surface area contributed by atoms with Crippen molar-refractivity contribution < 1.29 is 9.53 Å². The van der Waals surface area contributed by atoms with Crippen LogP contribution in [0.3, 0.4) is 0 Å². The molecule has 1 aliphatic heterocycles. The van der Waals surface area contributed by atoms with E-state index in [-0.39, 0.29) is 35.5 Å². The molecule has 0 saturated carbocycles. The van der Waals surface area contributed by atoms with Gasteiger partial charge >= 0.3 is 0 Å². The van der Waals surface area contributed by atoms with E-state index in [1.54, 1.807) is 14.1 Å². The first-order chi connectivity index (χ1) is 9.33. The van der Waals surface area contributed by atoms with Crippen LogP contribution in [0.1, 0.15) is 33.6 Å². The normalized spacial score (nSPS) is 22.4. The van der Waals surface area contributed by atoms with Crippen molar-refractivity contribution in [2.75, 3.05) is 33.8 Å². The Bertz CT molecular complexity index is 366. The molecule has 0 spiro atoms. The van der Waals surface area contributed by atoms with Gasteiger partial charge in [0.05, 0.1) is 11.0 Å². The number of hydrogen-bond donors (Lipinski definition) is 3. The molecule has 7 heteroatoms. The summed E-state index contributed by atoms with van der Waals surface area (Å²) in [7, 11) is 3.37. The van der Waals surface area contributed by atoms with Crippen LogP contribution in [0.5, 0.6) is 0 Å². The van der Waals surface area contributed by atoms with Gasteiger partial charge in [-0.2, -0.15) is 0 Å². The smallest absolute Gasteiger partial charge is 0.227 e. The molecule has 1 rings (SSSR count). The summed E-state index contributed by atoms with van der Waals surface area (Å²) >= 11 is 0. The zero-order valence-corrected chi connectivity index (χ0v) is 16.0. The van der Waals surface area contributed by atoms with E-state index in [4.69, 9.17) is 4.74 Å². The van der Waals surface area contributed by atoms with Gasteiger partial charge < -0.3 is 20.7 Å². The fourth-order valence-corrected chi connectivity index (χ4v) is 2.19. The Morgan fingerprint density at radius 3 is 2.52 bits per heavy atom. The van der Waals surface area contributed by atoms with Crippen molar-refractivity contribution in [3.05, 3.63) is 0 Å². The number of rotatable bonds is 5. The van der Waals surface area contributed by atoms with E-state index >= 15 is 0 Å². The van der Waals surface area contributed by atoms with Gasteiger partial charge in [-0.05, 0) is 33.6 Å². The molecule has 1 amide bonds. The van der Waals surface area contributed by atoms with Crippen molar-refractivity contribution in [2.45, 2.75) is 39.2 Å². The zero-order valence-electron chi connectivity index (χ0n) is 13.7. The summed E-state index contributed by atoms with van der Waals surface area (Å²) in [6.45, 7) is 7.96. The van der Waals surface area contributed by atoms with E-state index in [2.05, 4.69) is 27.9 Å². The largest absolute Gasteiger partial charge is 0.373 e. The number of nitrogens with zero attached hydrogens (tertiary/aromatic N) is 1. The Labute approximate surface area is 144 Å². The van der Waals surface area contributed by atoms with Gasteiger partial charge in [0, 0.05) is 33.8 Å². The first-order valence-corrected chi connectivity index (χ1v) is 7.14. The SMILES string of the molecule is CN=C(NCC1(C)CCCO1)NCC(C)(C)C(=O)NC.I. The number of ether oxygens (including phenoxy) is 1. The number of guanidine groups is 1. The number of carbonyl (C=O) groups excluding carboxylic acids is 1. The molecule has 1 aliphatic rings. The molecule has 1 unspecified atom stereocenters. The second kappa shape index (κ2) is 8.77. The van der Waals surface area contributed by atoms with Gasteiger partial charge in [0.15, 0.2) is 5.96 Å². The van der Waals surface area contributed by atoms with Crippen LogP contribution in [0, 0.1) is 5.41 Å². The van der Waals surface area contributed by atoms with Gasteiger partial charge in [-0.1, -0.05) is 0 Å². The third-order valence-corrected chi connectivity index (χ3v) is 3.69. The molecule has 0 aliphatic carbocycles. The molecule has 1 heterocycles. The highest BCUT2D eigenvalue weighted by Crippen LogP contribution is 2.23. The number of carbonyl (C=O) groups is 1. The molecule has 1 atom stereocenters. The Morgan fingerprint density at radius 1 is 1.38 bits per heavy atom. The molecule has 0 radical (unpaired) electrons. The molecule has 0 aromatic heterocycles. The standard InChI is InChI=1S/C14H28N4O2.HI/c1-13(2,11(19)15-4)9-17-12(16-5)18-10-14(3)7-6-8-20-14;/h6-10H2,1-5H3,(H,15,19)(H2,16,17,18);1H. The van der Waals surface area contributed by atoms with Gasteiger partial charge in [-0.3, -0.25) is 9.79 Å². The Morgan fingerprint density at radius 2 is 2.05 bits per heavy atom. The molecule has 124 valence electrons. The summed E-state index contributed by atoms with van der Waals surface area (Å²) < 4.78 is 5.73. The minimum absolute atomic E-state index is 0. The van der Waals surface area contributed by atoms with E-state index in [1.165, 1.54) is 0 Å². The Hall–Kier alpha value is -0.570. The highest BCUT2D eigenvalue weighted by atomic mass is 127. The maximum atomic E-state index is 11.7. The molecule has 1 fully saturated rings. The fourth-order valence-electron chi connectivity index (χ4n) is 2.19. The highest BCUT2D eigenvalue weighted by molar-refractivity contribution is 14.0. The monoisotopic (exact) mass is 412 g/mol. The number of hydrogen-bond acceptors (Lipinski definition) is 3. The maximum absolute atomic E-state index is 11.7. The van der Waals surface area contributed by atoms with E-state index in [1.807, 2.05) is 13.8 Å². The lowest BCUT2D eigenvalue weighted by atomic mass is 9.92. The summed E-state index contributed by atoms with van der Waals surface area (Å²) in [6, 6.07) is 0. The van der Waals surface area contributed by atoms with Crippen LogP contribution in [0.25, 0.3) is 0 Å². The zero-order chi connectivity index (χ0) is 15.2. The van der Waals surface area contributed by atoms with Crippen LogP contribution in [0.2, 0.25) is 0 Å². The van der Waals surface area contributed by atoms with Crippen molar-refractivity contribution >= 4 is 35.8 Å². The number of halogens is 1. The van der Waals surface area contributed by atoms with Crippen LogP contribution >= 0.6 is 24.0 Å². The second-order valence-corrected chi connectivity index (χ2v) is 6.14. The Kier molecular flexibility index (Phi) is 8.53. The average molecular weight is 412 g/mol. The molecule has 21 heavy (non-hydrogen) atoms. The van der Waals surface area contributed by atoms with Crippen LogP contribution in [-0.2, 0) is 9.53 Å². The van der Waals surface area contributed by atoms with Crippen LogP contribution < -0.4 is 16.0 Å². The number of nitrogens with one attached hydrogen (secondary N) is 3. The summed E-state index contributed by atoms with van der Waals surface area (Å²) in [6.07, 6.45) is 2.16. The summed E-state index contributed by atoms with van der Waals surface area (Å²) in [5.74, 6) is 0.699. The number of amides is 1. The number of aliphatic imine (C=N–C) groups is 1. The lowest BCUT2D eigenvalue weighted by molar-refractivity contribution is -0.128. The average Bonchev–Trinajstić information content (AvgIpc) is 2.85. The van der Waals surface area contributed by atoms with Crippen LogP contribution in [0.4, 0.5) is 0 Å². The van der Waals surface area contributed by atoms with Gasteiger partial charge in [0.25, 0.3) is 0 Å². The van der Waals surface area contributed by atoms with E-state index in [0.717, 1.165) is 19.4 Å². The van der Waals surface area contributed by atoms with Gasteiger partial charge in [-0.25, -0.2) is 0 Å². The minimum Gasteiger partial charge on any atom is -0.373 e. The third-order valence-electron chi connectivity index (χ3n) is 3.69. The first kappa shape index (κ1) is 20.4. The summed E-state index contributed by atoms with van der Waals surface area (Å²) in [5, 5.41) is 9.12. The maximum Gasteiger partial charge on any atom is 0.227 e. The third kappa shape index (κ3) is 6.37. The quantitative estimate of drug-likeness (QED) is 0.359. The minimum atomic E-state index is -0.486. The van der Waals surface area contributed by atoms with Crippen molar-refractivity contribution in [3.8, 4) is 0 Å². The van der Waals surface area contributed by atoms with Gasteiger partial charge in [-0.15, -0.1) is 24.0 Å². The topological polar surface area (TPSA) is 74.8 Å². The van der Waals surface area contributed by atoms with Gasteiger partial charge in [0.1, 0.15) is 0 Å². The lowest BCUT2D eigenvalue weighted by Crippen LogP contribution is -2.50. The molecule has 0 aromatic rings. The Balaban J connectivity index is 0.00000400. The molecular formula is C14H29IN4O2.